The number of benzene rings is 2. The lowest BCUT2D eigenvalue weighted by molar-refractivity contribution is 1.19. The van der Waals surface area contributed by atoms with E-state index >= 15 is 0 Å². The van der Waals surface area contributed by atoms with Crippen LogP contribution in [0.4, 0.5) is 0 Å². The van der Waals surface area contributed by atoms with Gasteiger partial charge >= 0.3 is 0 Å². The summed E-state index contributed by atoms with van der Waals surface area (Å²) in [5.74, 6) is 0. The lowest BCUT2D eigenvalue weighted by Crippen LogP contribution is -1.89. The molecule has 0 amide bonds. The molecule has 0 atom stereocenters. The van der Waals surface area contributed by atoms with E-state index in [9.17, 15) is 0 Å². The van der Waals surface area contributed by atoms with Gasteiger partial charge in [-0.3, -0.25) is 0 Å². The maximum atomic E-state index is 2.28. The third-order valence-corrected chi connectivity index (χ3v) is 3.17. The first-order valence-electron chi connectivity index (χ1n) is 6.75. The van der Waals surface area contributed by atoms with E-state index in [-0.39, 0.29) is 0 Å². The molecule has 0 radical (unpaired) electrons. The van der Waals surface area contributed by atoms with Crippen molar-refractivity contribution in [3.63, 3.8) is 0 Å². The summed E-state index contributed by atoms with van der Waals surface area (Å²) < 4.78 is 0. The zero-order valence-corrected chi connectivity index (χ0v) is 11.6. The fraction of sp³-hybridized carbons (Fsp3) is 0.158. The van der Waals surface area contributed by atoms with Gasteiger partial charge in [0, 0.05) is 0 Å². The molecule has 0 unspecified atom stereocenters. The van der Waals surface area contributed by atoms with E-state index < -0.39 is 0 Å². The van der Waals surface area contributed by atoms with Crippen LogP contribution < -0.4 is 0 Å². The Hall–Kier alpha value is -2.08. The third-order valence-electron chi connectivity index (χ3n) is 3.17. The van der Waals surface area contributed by atoms with Gasteiger partial charge < -0.3 is 0 Å². The molecule has 0 heterocycles. The van der Waals surface area contributed by atoms with Crippen molar-refractivity contribution in [2.24, 2.45) is 0 Å². The van der Waals surface area contributed by atoms with E-state index in [4.69, 9.17) is 0 Å². The van der Waals surface area contributed by atoms with E-state index in [1.807, 2.05) is 0 Å². The Morgan fingerprint density at radius 1 is 0.895 bits per heavy atom. The summed E-state index contributed by atoms with van der Waals surface area (Å²) in [6.45, 7) is 4.14. The molecule has 0 aromatic heterocycles. The predicted octanol–water partition coefficient (Wildman–Crippen LogP) is 5.26. The lowest BCUT2D eigenvalue weighted by atomic mass is 9.99. The first kappa shape index (κ1) is 13.4. The highest BCUT2D eigenvalue weighted by atomic mass is 14.0. The molecule has 0 nitrogen and oxygen atoms in total. The van der Waals surface area contributed by atoms with Crippen LogP contribution in [-0.2, 0) is 6.42 Å². The van der Waals surface area contributed by atoms with Gasteiger partial charge in [0.2, 0.25) is 0 Å². The highest BCUT2D eigenvalue weighted by Crippen LogP contribution is 2.19. The Balaban J connectivity index is 2.25. The maximum Gasteiger partial charge on any atom is -0.00256 e. The Morgan fingerprint density at radius 2 is 1.63 bits per heavy atom. The highest BCUT2D eigenvalue weighted by molar-refractivity contribution is 5.74. The zero-order valence-electron chi connectivity index (χ0n) is 11.6. The van der Waals surface area contributed by atoms with Crippen molar-refractivity contribution in [2.45, 2.75) is 20.3 Å². The van der Waals surface area contributed by atoms with Crippen LogP contribution in [0.15, 0.2) is 72.8 Å². The van der Waals surface area contributed by atoms with Crippen molar-refractivity contribution < 1.29 is 0 Å². The van der Waals surface area contributed by atoms with Crippen LogP contribution in [-0.4, -0.2) is 0 Å². The number of hydrogen-bond acceptors (Lipinski definition) is 0. The molecule has 2 aromatic rings. The molecule has 0 saturated carbocycles. The van der Waals surface area contributed by atoms with Crippen molar-refractivity contribution in [1.82, 2.24) is 0 Å². The van der Waals surface area contributed by atoms with Crippen LogP contribution in [0.5, 0.6) is 0 Å². The standard InChI is InChI=1S/C19H20/c1-3-9-18(4-2)19-13-8-12-17(15-19)14-16-10-6-5-7-11-16/h3-13,15H,14H2,1-2H3/b9-3-,18-4+. The summed E-state index contributed by atoms with van der Waals surface area (Å²) in [7, 11) is 0. The minimum absolute atomic E-state index is 0.988. The quantitative estimate of drug-likeness (QED) is 0.648. The van der Waals surface area contributed by atoms with E-state index in [0.29, 0.717) is 0 Å². The molecule has 0 heteroatoms. The van der Waals surface area contributed by atoms with Crippen LogP contribution in [0.25, 0.3) is 5.57 Å². The summed E-state index contributed by atoms with van der Waals surface area (Å²) in [6.07, 6.45) is 7.38. The first-order valence-corrected chi connectivity index (χ1v) is 6.75. The number of allylic oxidation sites excluding steroid dienone is 4. The monoisotopic (exact) mass is 248 g/mol. The van der Waals surface area contributed by atoms with Crippen LogP contribution in [0.2, 0.25) is 0 Å². The molecule has 0 saturated heterocycles. The van der Waals surface area contributed by atoms with Gasteiger partial charge in [0.1, 0.15) is 0 Å². The van der Waals surface area contributed by atoms with E-state index in [1.165, 1.54) is 22.3 Å². The minimum atomic E-state index is 0.988. The molecule has 0 N–H and O–H groups in total. The van der Waals surface area contributed by atoms with Gasteiger partial charge in [-0.25, -0.2) is 0 Å². The highest BCUT2D eigenvalue weighted by Gasteiger charge is 2.00. The number of hydrogen-bond donors (Lipinski definition) is 0. The Morgan fingerprint density at radius 3 is 2.32 bits per heavy atom. The Kier molecular flexibility index (Phi) is 4.74. The van der Waals surface area contributed by atoms with Crippen molar-refractivity contribution in [3.8, 4) is 0 Å². The molecular weight excluding hydrogens is 228 g/mol. The number of rotatable bonds is 4. The van der Waals surface area contributed by atoms with E-state index in [0.717, 1.165) is 6.42 Å². The zero-order chi connectivity index (χ0) is 13.5. The molecule has 2 aromatic carbocycles. The second-order valence-electron chi connectivity index (χ2n) is 4.61. The fourth-order valence-electron chi connectivity index (χ4n) is 2.23. The van der Waals surface area contributed by atoms with Crippen molar-refractivity contribution in [3.05, 3.63) is 89.5 Å². The van der Waals surface area contributed by atoms with Crippen molar-refractivity contribution >= 4 is 5.57 Å². The van der Waals surface area contributed by atoms with Crippen LogP contribution in [0.3, 0.4) is 0 Å². The first-order chi connectivity index (χ1) is 9.33. The van der Waals surface area contributed by atoms with Gasteiger partial charge in [-0.15, -0.1) is 0 Å². The molecule has 0 spiro atoms. The predicted molar refractivity (Wildman–Crippen MR) is 84.2 cm³/mol. The van der Waals surface area contributed by atoms with Crippen molar-refractivity contribution in [2.75, 3.05) is 0 Å². The topological polar surface area (TPSA) is 0 Å². The molecule has 0 aliphatic heterocycles. The smallest absolute Gasteiger partial charge is 0.00256 e. The Labute approximate surface area is 116 Å². The summed E-state index contributed by atoms with van der Waals surface area (Å²) >= 11 is 0. The fourth-order valence-corrected chi connectivity index (χ4v) is 2.23. The molecule has 0 bridgehead atoms. The van der Waals surface area contributed by atoms with Crippen LogP contribution in [0.1, 0.15) is 30.5 Å². The lowest BCUT2D eigenvalue weighted by Gasteiger charge is -2.06. The summed E-state index contributed by atoms with van der Waals surface area (Å²) in [5, 5.41) is 0. The largest absolute Gasteiger partial charge is 0.0871 e. The molecule has 0 fully saturated rings. The third kappa shape index (κ3) is 3.69. The second kappa shape index (κ2) is 6.75. The van der Waals surface area contributed by atoms with Gasteiger partial charge in [-0.1, -0.05) is 72.8 Å². The van der Waals surface area contributed by atoms with Gasteiger partial charge in [0.05, 0.1) is 0 Å². The van der Waals surface area contributed by atoms with Crippen LogP contribution >= 0.6 is 0 Å². The summed E-state index contributed by atoms with van der Waals surface area (Å²) in [5.41, 5.74) is 5.27. The summed E-state index contributed by atoms with van der Waals surface area (Å²) in [4.78, 5) is 0. The maximum absolute atomic E-state index is 2.28. The molecule has 0 aliphatic rings. The van der Waals surface area contributed by atoms with Crippen LogP contribution in [0, 0.1) is 0 Å². The minimum Gasteiger partial charge on any atom is -0.0871 e. The molecule has 19 heavy (non-hydrogen) atoms. The SMILES string of the molecule is C/C=C\C(=C/C)c1cccc(Cc2ccccc2)c1. The molecule has 96 valence electrons. The van der Waals surface area contributed by atoms with E-state index in [2.05, 4.69) is 86.7 Å². The van der Waals surface area contributed by atoms with Gasteiger partial charge in [-0.2, -0.15) is 0 Å². The molecule has 0 aliphatic carbocycles. The van der Waals surface area contributed by atoms with Gasteiger partial charge in [0.15, 0.2) is 0 Å². The average molecular weight is 248 g/mol. The van der Waals surface area contributed by atoms with Crippen molar-refractivity contribution in [1.29, 1.82) is 0 Å². The van der Waals surface area contributed by atoms with Gasteiger partial charge in [-0.05, 0) is 42.5 Å². The normalized spacial score (nSPS) is 12.0. The van der Waals surface area contributed by atoms with E-state index in [1.54, 1.807) is 0 Å². The molecular formula is C19H20. The average Bonchev–Trinajstić information content (AvgIpc) is 2.46. The summed E-state index contributed by atoms with van der Waals surface area (Å²) in [6, 6.07) is 19.4. The van der Waals surface area contributed by atoms with Gasteiger partial charge in [0.25, 0.3) is 0 Å². The molecule has 2 rings (SSSR count). The Bertz CT molecular complexity index is 574. The second-order valence-corrected chi connectivity index (χ2v) is 4.61.